The zero-order valence-electron chi connectivity index (χ0n) is 8.07. The van der Waals surface area contributed by atoms with Crippen LogP contribution in [0.4, 0.5) is 5.69 Å². The number of hydrogen-bond acceptors (Lipinski definition) is 1. The molecule has 0 amide bonds. The van der Waals surface area contributed by atoms with Gasteiger partial charge in [-0.25, -0.2) is 0 Å². The summed E-state index contributed by atoms with van der Waals surface area (Å²) >= 11 is 0. The molecule has 1 radical (unpaired) electrons. The number of rotatable bonds is 3. The first-order valence-corrected chi connectivity index (χ1v) is 4.38. The van der Waals surface area contributed by atoms with Gasteiger partial charge in [-0.05, 0) is 32.0 Å². The molecule has 0 unspecified atom stereocenters. The second kappa shape index (κ2) is 5.20. The highest BCUT2D eigenvalue weighted by molar-refractivity contribution is 5.51. The van der Waals surface area contributed by atoms with Crippen LogP contribution in [0.2, 0.25) is 0 Å². The summed E-state index contributed by atoms with van der Waals surface area (Å²) in [6.45, 7) is 4.01. The lowest BCUT2D eigenvalue weighted by molar-refractivity contribution is 1.26. The fraction of sp³-hybridized carbons (Fsp3) is 0.167. The van der Waals surface area contributed by atoms with E-state index in [0.29, 0.717) is 0 Å². The quantitative estimate of drug-likeness (QED) is 0.675. The number of anilines is 1. The lowest BCUT2D eigenvalue weighted by Crippen LogP contribution is -2.05. The summed E-state index contributed by atoms with van der Waals surface area (Å²) in [7, 11) is 0. The fourth-order valence-corrected chi connectivity index (χ4v) is 1.09. The first-order valence-electron chi connectivity index (χ1n) is 4.38. The topological polar surface area (TPSA) is 3.24 Å². The van der Waals surface area contributed by atoms with E-state index in [1.54, 1.807) is 0 Å². The van der Waals surface area contributed by atoms with Gasteiger partial charge in [0.05, 0.1) is 0 Å². The standard InChI is InChI=1S/C12H14N/c1-3-10-13(11-4-2)12-8-6-5-7-9-12/h3-4,6-11H,1-2H3. The van der Waals surface area contributed by atoms with Crippen molar-refractivity contribution in [2.45, 2.75) is 13.8 Å². The Balaban J connectivity index is 2.88. The van der Waals surface area contributed by atoms with E-state index < -0.39 is 0 Å². The summed E-state index contributed by atoms with van der Waals surface area (Å²) in [5, 5.41) is 0. The molecule has 67 valence electrons. The first kappa shape index (κ1) is 9.59. The Morgan fingerprint density at radius 2 is 1.62 bits per heavy atom. The van der Waals surface area contributed by atoms with Gasteiger partial charge in [0, 0.05) is 18.1 Å². The van der Waals surface area contributed by atoms with Crippen molar-refractivity contribution in [1.82, 2.24) is 0 Å². The van der Waals surface area contributed by atoms with Crippen LogP contribution in [0.15, 0.2) is 48.8 Å². The molecule has 13 heavy (non-hydrogen) atoms. The van der Waals surface area contributed by atoms with E-state index in [1.807, 2.05) is 62.7 Å². The molecular formula is C12H14N. The molecule has 1 rings (SSSR count). The van der Waals surface area contributed by atoms with E-state index in [1.165, 1.54) is 0 Å². The van der Waals surface area contributed by atoms with Crippen molar-refractivity contribution in [3.63, 3.8) is 0 Å². The van der Waals surface area contributed by atoms with Crippen molar-refractivity contribution < 1.29 is 0 Å². The molecule has 1 nitrogen and oxygen atoms in total. The third kappa shape index (κ3) is 2.79. The number of benzene rings is 1. The van der Waals surface area contributed by atoms with Crippen molar-refractivity contribution in [3.8, 4) is 0 Å². The average Bonchev–Trinajstić information content (AvgIpc) is 2.19. The molecular weight excluding hydrogens is 158 g/mol. The molecule has 1 aromatic carbocycles. The number of allylic oxidation sites excluding steroid dienone is 2. The molecule has 0 fully saturated rings. The van der Waals surface area contributed by atoms with Gasteiger partial charge in [0.25, 0.3) is 0 Å². The van der Waals surface area contributed by atoms with Crippen LogP contribution in [-0.2, 0) is 0 Å². The maximum atomic E-state index is 3.00. The molecule has 0 N–H and O–H groups in total. The van der Waals surface area contributed by atoms with Crippen molar-refractivity contribution in [2.24, 2.45) is 0 Å². The highest BCUT2D eigenvalue weighted by Gasteiger charge is 1.95. The molecule has 0 aromatic heterocycles. The monoisotopic (exact) mass is 172 g/mol. The van der Waals surface area contributed by atoms with Crippen LogP contribution in [0.25, 0.3) is 0 Å². The zero-order valence-corrected chi connectivity index (χ0v) is 8.07. The molecule has 0 saturated heterocycles. The first-order chi connectivity index (χ1) is 6.38. The molecule has 0 heterocycles. The molecule has 0 bridgehead atoms. The normalized spacial score (nSPS) is 11.2. The summed E-state index contributed by atoms with van der Waals surface area (Å²) in [4.78, 5) is 2.06. The van der Waals surface area contributed by atoms with E-state index in [-0.39, 0.29) is 0 Å². The minimum atomic E-state index is 1.15. The van der Waals surface area contributed by atoms with E-state index in [0.717, 1.165) is 5.69 Å². The Kier molecular flexibility index (Phi) is 3.83. The van der Waals surface area contributed by atoms with Gasteiger partial charge in [-0.2, -0.15) is 0 Å². The minimum absolute atomic E-state index is 1.15. The lowest BCUT2D eigenvalue weighted by atomic mass is 10.3. The van der Waals surface area contributed by atoms with Gasteiger partial charge < -0.3 is 4.90 Å². The summed E-state index contributed by atoms with van der Waals surface area (Å²) in [6.07, 6.45) is 8.07. The molecule has 0 saturated carbocycles. The highest BCUT2D eigenvalue weighted by atomic mass is 15.1. The summed E-state index contributed by atoms with van der Waals surface area (Å²) in [5.41, 5.74) is 1.15. The second-order valence-electron chi connectivity index (χ2n) is 2.63. The zero-order chi connectivity index (χ0) is 9.52. The second-order valence-corrected chi connectivity index (χ2v) is 2.63. The summed E-state index contributed by atoms with van der Waals surface area (Å²) in [6, 6.07) is 10.9. The van der Waals surface area contributed by atoms with Gasteiger partial charge in [0.1, 0.15) is 0 Å². The van der Waals surface area contributed by atoms with Gasteiger partial charge in [-0.15, -0.1) is 0 Å². The number of hydrogen-bond donors (Lipinski definition) is 0. The summed E-state index contributed by atoms with van der Waals surface area (Å²) < 4.78 is 0. The predicted molar refractivity (Wildman–Crippen MR) is 57.4 cm³/mol. The molecule has 1 aromatic rings. The van der Waals surface area contributed by atoms with Crippen LogP contribution in [0, 0.1) is 6.07 Å². The third-order valence-corrected chi connectivity index (χ3v) is 1.62. The maximum Gasteiger partial charge on any atom is 0.0449 e. The predicted octanol–water partition coefficient (Wildman–Crippen LogP) is 3.36. The molecule has 0 spiro atoms. The van der Waals surface area contributed by atoms with Crippen molar-refractivity contribution in [2.75, 3.05) is 4.90 Å². The SMILES string of the molecule is CC=CN(C=CC)c1cc[c]cc1. The highest BCUT2D eigenvalue weighted by Crippen LogP contribution is 2.13. The van der Waals surface area contributed by atoms with Crippen LogP contribution in [0.1, 0.15) is 13.8 Å². The van der Waals surface area contributed by atoms with Crippen molar-refractivity contribution >= 4 is 5.69 Å². The fourth-order valence-electron chi connectivity index (χ4n) is 1.09. The van der Waals surface area contributed by atoms with Gasteiger partial charge in [-0.1, -0.05) is 24.3 Å². The van der Waals surface area contributed by atoms with E-state index >= 15 is 0 Å². The van der Waals surface area contributed by atoms with Gasteiger partial charge >= 0.3 is 0 Å². The molecule has 0 aliphatic heterocycles. The Bertz CT molecular complexity index is 273. The van der Waals surface area contributed by atoms with Crippen LogP contribution < -0.4 is 4.90 Å². The van der Waals surface area contributed by atoms with Crippen LogP contribution in [-0.4, -0.2) is 0 Å². The van der Waals surface area contributed by atoms with Gasteiger partial charge in [-0.3, -0.25) is 0 Å². The smallest absolute Gasteiger partial charge is 0.0449 e. The third-order valence-electron chi connectivity index (χ3n) is 1.62. The Labute approximate surface area is 80.0 Å². The van der Waals surface area contributed by atoms with E-state index in [9.17, 15) is 0 Å². The molecule has 0 aliphatic carbocycles. The van der Waals surface area contributed by atoms with Gasteiger partial charge in [0.15, 0.2) is 0 Å². The Morgan fingerprint density at radius 1 is 1.08 bits per heavy atom. The van der Waals surface area contributed by atoms with Crippen molar-refractivity contribution in [1.29, 1.82) is 0 Å². The maximum absolute atomic E-state index is 3.00. The van der Waals surface area contributed by atoms with Crippen molar-refractivity contribution in [3.05, 3.63) is 54.9 Å². The van der Waals surface area contributed by atoms with E-state index in [4.69, 9.17) is 0 Å². The van der Waals surface area contributed by atoms with Gasteiger partial charge in [0.2, 0.25) is 0 Å². The largest absolute Gasteiger partial charge is 0.325 e. The Morgan fingerprint density at radius 3 is 2.08 bits per heavy atom. The van der Waals surface area contributed by atoms with Crippen LogP contribution in [0.3, 0.4) is 0 Å². The average molecular weight is 172 g/mol. The lowest BCUT2D eigenvalue weighted by Gasteiger charge is -2.14. The van der Waals surface area contributed by atoms with E-state index in [2.05, 4.69) is 11.0 Å². The summed E-state index contributed by atoms with van der Waals surface area (Å²) in [5.74, 6) is 0. The minimum Gasteiger partial charge on any atom is -0.325 e. The number of nitrogens with zero attached hydrogens (tertiary/aromatic N) is 1. The molecule has 1 heteroatoms. The molecule has 0 atom stereocenters. The molecule has 0 aliphatic rings. The van der Waals surface area contributed by atoms with Crippen LogP contribution in [0.5, 0.6) is 0 Å². The Hall–Kier alpha value is -1.50. The van der Waals surface area contributed by atoms with Crippen LogP contribution >= 0.6 is 0 Å².